The van der Waals surface area contributed by atoms with Crippen LogP contribution in [0.5, 0.6) is 5.75 Å². The van der Waals surface area contributed by atoms with Crippen molar-refractivity contribution in [3.8, 4) is 5.75 Å². The first-order valence-corrected chi connectivity index (χ1v) is 14.2. The molecule has 0 unspecified atom stereocenters. The van der Waals surface area contributed by atoms with Gasteiger partial charge in [-0.05, 0) is 57.5 Å². The molecule has 4 heterocycles. The molecule has 5 rings (SSSR count). The maximum atomic E-state index is 14.8. The molecule has 0 saturated carbocycles. The lowest BCUT2D eigenvalue weighted by molar-refractivity contribution is -0.137. The van der Waals surface area contributed by atoms with E-state index in [-0.39, 0.29) is 29.6 Å². The Morgan fingerprint density at radius 1 is 1.14 bits per heavy atom. The molecule has 1 amide bonds. The Morgan fingerprint density at radius 3 is 2.59 bits per heavy atom. The summed E-state index contributed by atoms with van der Waals surface area (Å²) < 4.78 is 26.1. The maximum Gasteiger partial charge on any atom is 0.261 e. The molecule has 3 fully saturated rings. The average Bonchev–Trinajstić information content (AvgIpc) is 2.91. The zero-order chi connectivity index (χ0) is 24.9. The van der Waals surface area contributed by atoms with E-state index in [1.807, 2.05) is 4.90 Å². The molecule has 3 aliphatic heterocycles. The minimum atomic E-state index is -0.623. The molecule has 0 spiro atoms. The number of piperidine rings is 2. The summed E-state index contributed by atoms with van der Waals surface area (Å²) in [5.74, 6) is 1.61. The van der Waals surface area contributed by atoms with E-state index in [0.717, 1.165) is 77.9 Å². The minimum absolute atomic E-state index is 0. The topological polar surface area (TPSA) is 96.6 Å². The molecule has 204 valence electrons. The van der Waals surface area contributed by atoms with Crippen LogP contribution in [0, 0.1) is 17.7 Å². The Bertz CT molecular complexity index is 1120. The van der Waals surface area contributed by atoms with Crippen LogP contribution < -0.4 is 15.6 Å². The highest BCUT2D eigenvalue weighted by Gasteiger charge is 2.29. The van der Waals surface area contributed by atoms with Gasteiger partial charge in [0.1, 0.15) is 22.8 Å². The van der Waals surface area contributed by atoms with E-state index in [9.17, 15) is 14.0 Å². The third kappa shape index (κ3) is 7.16. The van der Waals surface area contributed by atoms with Crippen LogP contribution in [0.2, 0.25) is 0 Å². The van der Waals surface area contributed by atoms with E-state index in [2.05, 4.69) is 15.3 Å². The second-order valence-electron chi connectivity index (χ2n) is 10.0. The summed E-state index contributed by atoms with van der Waals surface area (Å²) in [7, 11) is 0. The molecule has 3 saturated heterocycles. The van der Waals surface area contributed by atoms with E-state index >= 15 is 0 Å². The second-order valence-corrected chi connectivity index (χ2v) is 11.3. The van der Waals surface area contributed by atoms with Gasteiger partial charge in [-0.15, -0.1) is 12.4 Å². The van der Waals surface area contributed by atoms with E-state index in [1.54, 1.807) is 17.8 Å². The number of halogens is 2. The molecule has 0 atom stereocenters. The van der Waals surface area contributed by atoms with Crippen LogP contribution in [-0.2, 0) is 15.3 Å². The van der Waals surface area contributed by atoms with E-state index in [1.165, 1.54) is 6.07 Å². The lowest BCUT2D eigenvalue weighted by atomic mass is 9.93. The van der Waals surface area contributed by atoms with Crippen LogP contribution in [0.25, 0.3) is 10.9 Å². The number of nitrogens with zero attached hydrogens (tertiary/aromatic N) is 2. The zero-order valence-corrected chi connectivity index (χ0v) is 22.6. The van der Waals surface area contributed by atoms with E-state index < -0.39 is 11.4 Å². The number of H-pyrrole nitrogens is 1. The number of hydrogen-bond acceptors (Lipinski definition) is 7. The van der Waals surface area contributed by atoms with Gasteiger partial charge in [0.25, 0.3) is 5.56 Å². The Morgan fingerprint density at radius 2 is 1.86 bits per heavy atom. The predicted molar refractivity (Wildman–Crippen MR) is 145 cm³/mol. The van der Waals surface area contributed by atoms with E-state index in [0.29, 0.717) is 40.6 Å². The molecule has 0 bridgehead atoms. The molecule has 1 aromatic heterocycles. The zero-order valence-electron chi connectivity index (χ0n) is 21.0. The van der Waals surface area contributed by atoms with Crippen molar-refractivity contribution in [2.45, 2.75) is 49.5 Å². The summed E-state index contributed by atoms with van der Waals surface area (Å²) in [6, 6.07) is 2.93. The summed E-state index contributed by atoms with van der Waals surface area (Å²) in [5, 5.41) is 3.75. The van der Waals surface area contributed by atoms with Gasteiger partial charge in [0, 0.05) is 49.6 Å². The smallest absolute Gasteiger partial charge is 0.261 e. The molecule has 3 aliphatic rings. The molecule has 2 aromatic rings. The number of amides is 1. The Kier molecular flexibility index (Phi) is 10.1. The number of fused-ring (bicyclic) bond motifs is 1. The van der Waals surface area contributed by atoms with Gasteiger partial charge in [-0.3, -0.25) is 9.59 Å². The van der Waals surface area contributed by atoms with Crippen LogP contribution in [0.4, 0.5) is 4.39 Å². The highest BCUT2D eigenvalue weighted by Crippen LogP contribution is 2.27. The van der Waals surface area contributed by atoms with Crippen molar-refractivity contribution in [1.29, 1.82) is 0 Å². The number of rotatable bonds is 7. The van der Waals surface area contributed by atoms with Crippen molar-refractivity contribution >= 4 is 41.0 Å². The van der Waals surface area contributed by atoms with Crippen LogP contribution in [-0.4, -0.2) is 72.0 Å². The summed E-state index contributed by atoms with van der Waals surface area (Å²) in [5.41, 5.74) is -0.142. The van der Waals surface area contributed by atoms with Crippen molar-refractivity contribution < 1.29 is 18.7 Å². The Labute approximate surface area is 226 Å². The number of aromatic amines is 1. The number of likely N-dealkylation sites (tertiary alicyclic amines) is 1. The van der Waals surface area contributed by atoms with Gasteiger partial charge in [-0.25, -0.2) is 9.37 Å². The number of hydrogen-bond donors (Lipinski definition) is 2. The number of thioether (sulfide) groups is 1. The fourth-order valence-corrected chi connectivity index (χ4v) is 6.36. The summed E-state index contributed by atoms with van der Waals surface area (Å²) in [6.45, 7) is 5.30. The van der Waals surface area contributed by atoms with Crippen molar-refractivity contribution in [2.24, 2.45) is 11.8 Å². The van der Waals surface area contributed by atoms with Gasteiger partial charge < -0.3 is 24.7 Å². The minimum Gasteiger partial charge on any atom is -0.493 e. The second kappa shape index (κ2) is 13.3. The number of carbonyl (C=O) groups excluding carboxylic acids is 1. The fourth-order valence-electron chi connectivity index (χ4n) is 5.30. The third-order valence-electron chi connectivity index (χ3n) is 7.51. The molecule has 0 radical (unpaired) electrons. The third-order valence-corrected chi connectivity index (χ3v) is 8.89. The highest BCUT2D eigenvalue weighted by molar-refractivity contribution is 7.99. The molecule has 37 heavy (non-hydrogen) atoms. The van der Waals surface area contributed by atoms with Gasteiger partial charge in [0.2, 0.25) is 5.91 Å². The number of carbonyl (C=O) groups is 1. The van der Waals surface area contributed by atoms with E-state index in [4.69, 9.17) is 9.47 Å². The molecule has 2 N–H and O–H groups in total. The molecular weight excluding hydrogens is 519 g/mol. The quantitative estimate of drug-likeness (QED) is 0.540. The monoisotopic (exact) mass is 554 g/mol. The number of aromatic nitrogens is 2. The van der Waals surface area contributed by atoms with Gasteiger partial charge in [-0.2, -0.15) is 11.8 Å². The molecule has 11 heteroatoms. The average molecular weight is 555 g/mol. The first kappa shape index (κ1) is 28.1. The fraction of sp³-hybridized carbons (Fsp3) is 0.654. The first-order chi connectivity index (χ1) is 17.6. The van der Waals surface area contributed by atoms with Crippen molar-refractivity contribution in [2.75, 3.05) is 46.0 Å². The lowest BCUT2D eigenvalue weighted by Gasteiger charge is -2.35. The van der Waals surface area contributed by atoms with Crippen molar-refractivity contribution in [3.63, 3.8) is 0 Å². The standard InChI is InChI=1S/C26H35FN4O4S.ClH/c27-21-13-19(35-15-17-3-9-31(10-4-17)26(33)18-1-7-28-8-2-18)14-22-24(21)25(32)30-23(29-22)16-36-20-5-11-34-12-6-20;/h13-14,17-18,20,28H,1-12,15-16H2,(H,29,30,32);1H. The summed E-state index contributed by atoms with van der Waals surface area (Å²) in [6.07, 6.45) is 5.56. The van der Waals surface area contributed by atoms with Crippen LogP contribution in [0.15, 0.2) is 16.9 Å². The first-order valence-electron chi connectivity index (χ1n) is 13.1. The SMILES string of the molecule is Cl.O=C(C1CCNCC1)N1CCC(COc2cc(F)c3c(=O)[nH]c(CSC4CCOCC4)nc3c2)CC1. The van der Waals surface area contributed by atoms with Gasteiger partial charge >= 0.3 is 0 Å². The normalized spacial score (nSPS) is 20.1. The van der Waals surface area contributed by atoms with Crippen molar-refractivity contribution in [3.05, 3.63) is 34.1 Å². The summed E-state index contributed by atoms with van der Waals surface area (Å²) in [4.78, 5) is 34.6. The molecule has 0 aliphatic carbocycles. The Hall–Kier alpha value is -1.88. The van der Waals surface area contributed by atoms with Crippen LogP contribution >= 0.6 is 24.2 Å². The molecular formula is C26H36ClFN4O4S. The lowest BCUT2D eigenvalue weighted by Crippen LogP contribution is -2.45. The van der Waals surface area contributed by atoms with Gasteiger partial charge in [0.15, 0.2) is 0 Å². The van der Waals surface area contributed by atoms with Crippen LogP contribution in [0.1, 0.15) is 44.3 Å². The number of benzene rings is 1. The van der Waals surface area contributed by atoms with Crippen LogP contribution in [0.3, 0.4) is 0 Å². The number of ether oxygens (including phenoxy) is 2. The van der Waals surface area contributed by atoms with Gasteiger partial charge in [-0.1, -0.05) is 0 Å². The number of nitrogens with one attached hydrogen (secondary N) is 2. The predicted octanol–water partition coefficient (Wildman–Crippen LogP) is 3.51. The van der Waals surface area contributed by atoms with Gasteiger partial charge in [0.05, 0.1) is 17.9 Å². The van der Waals surface area contributed by atoms with Crippen molar-refractivity contribution in [1.82, 2.24) is 20.2 Å². The molecule has 8 nitrogen and oxygen atoms in total. The summed E-state index contributed by atoms with van der Waals surface area (Å²) >= 11 is 1.75. The Balaban J connectivity index is 0.00000320. The highest BCUT2D eigenvalue weighted by atomic mass is 35.5. The maximum absolute atomic E-state index is 14.8. The largest absolute Gasteiger partial charge is 0.493 e. The molecule has 1 aromatic carbocycles.